The SMILES string of the molecule is Cc1cc(-c2ccc3ncc(N4CCCCC4)nc3c2)cc(C)c1O. The van der Waals surface area contributed by atoms with Gasteiger partial charge >= 0.3 is 0 Å². The number of nitrogens with zero attached hydrogens (tertiary/aromatic N) is 3. The Labute approximate surface area is 148 Å². The fraction of sp³-hybridized carbons (Fsp3) is 0.333. The Morgan fingerprint density at radius 3 is 2.32 bits per heavy atom. The molecule has 3 aromatic rings. The smallest absolute Gasteiger partial charge is 0.147 e. The zero-order valence-corrected chi connectivity index (χ0v) is 14.8. The highest BCUT2D eigenvalue weighted by molar-refractivity contribution is 5.82. The lowest BCUT2D eigenvalue weighted by molar-refractivity contribution is 0.467. The number of hydrogen-bond acceptors (Lipinski definition) is 4. The van der Waals surface area contributed by atoms with Crippen molar-refractivity contribution >= 4 is 16.9 Å². The first kappa shape index (κ1) is 15.9. The molecule has 0 unspecified atom stereocenters. The number of aromatic hydroxyl groups is 1. The molecule has 0 amide bonds. The number of fused-ring (bicyclic) bond motifs is 1. The molecule has 1 fully saturated rings. The maximum Gasteiger partial charge on any atom is 0.147 e. The van der Waals surface area contributed by atoms with Gasteiger partial charge in [-0.1, -0.05) is 6.07 Å². The van der Waals surface area contributed by atoms with Gasteiger partial charge in [-0.05, 0) is 79.6 Å². The Hall–Kier alpha value is -2.62. The Morgan fingerprint density at radius 2 is 1.60 bits per heavy atom. The highest BCUT2D eigenvalue weighted by Gasteiger charge is 2.13. The monoisotopic (exact) mass is 333 g/mol. The Bertz CT molecular complexity index is 907. The molecule has 4 heteroatoms. The second-order valence-corrected chi connectivity index (χ2v) is 6.94. The van der Waals surface area contributed by atoms with Crippen LogP contribution in [0.1, 0.15) is 30.4 Å². The van der Waals surface area contributed by atoms with Crippen LogP contribution in [0.25, 0.3) is 22.2 Å². The minimum Gasteiger partial charge on any atom is -0.507 e. The van der Waals surface area contributed by atoms with Gasteiger partial charge in [0.1, 0.15) is 11.6 Å². The van der Waals surface area contributed by atoms with E-state index < -0.39 is 0 Å². The molecule has 0 atom stereocenters. The molecule has 0 aliphatic carbocycles. The standard InChI is InChI=1S/C21H23N3O/c1-14-10-17(11-15(2)21(14)25)16-6-7-18-19(12-16)23-20(13-22-18)24-8-4-3-5-9-24/h6-7,10-13,25H,3-5,8-9H2,1-2H3. The number of aryl methyl sites for hydroxylation is 2. The summed E-state index contributed by atoms with van der Waals surface area (Å²) in [6.07, 6.45) is 5.65. The molecule has 1 aromatic heterocycles. The van der Waals surface area contributed by atoms with Crippen molar-refractivity contribution in [1.29, 1.82) is 0 Å². The Balaban J connectivity index is 1.76. The molecule has 25 heavy (non-hydrogen) atoms. The van der Waals surface area contributed by atoms with E-state index in [0.717, 1.165) is 52.2 Å². The van der Waals surface area contributed by atoms with Crippen molar-refractivity contribution in [2.45, 2.75) is 33.1 Å². The maximum atomic E-state index is 10.0. The molecule has 0 spiro atoms. The van der Waals surface area contributed by atoms with Crippen LogP contribution in [0.4, 0.5) is 5.82 Å². The molecule has 1 aliphatic heterocycles. The van der Waals surface area contributed by atoms with Crippen LogP contribution in [0, 0.1) is 13.8 Å². The number of hydrogen-bond donors (Lipinski definition) is 1. The number of aromatic nitrogens is 2. The summed E-state index contributed by atoms with van der Waals surface area (Å²) in [4.78, 5) is 11.8. The van der Waals surface area contributed by atoms with Gasteiger partial charge < -0.3 is 10.0 Å². The van der Waals surface area contributed by atoms with E-state index in [2.05, 4.69) is 22.0 Å². The fourth-order valence-electron chi connectivity index (χ4n) is 3.58. The van der Waals surface area contributed by atoms with Gasteiger partial charge in [-0.25, -0.2) is 4.98 Å². The number of phenols is 1. The van der Waals surface area contributed by atoms with Gasteiger partial charge in [0.15, 0.2) is 0 Å². The summed E-state index contributed by atoms with van der Waals surface area (Å²) in [7, 11) is 0. The van der Waals surface area contributed by atoms with Gasteiger partial charge in [0, 0.05) is 13.1 Å². The van der Waals surface area contributed by atoms with Gasteiger partial charge in [-0.15, -0.1) is 0 Å². The second kappa shape index (κ2) is 6.36. The van der Waals surface area contributed by atoms with E-state index in [1.165, 1.54) is 19.3 Å². The van der Waals surface area contributed by atoms with Crippen molar-refractivity contribution in [2.75, 3.05) is 18.0 Å². The Kier molecular flexibility index (Phi) is 4.04. The number of rotatable bonds is 2. The third-order valence-corrected chi connectivity index (χ3v) is 5.03. The van der Waals surface area contributed by atoms with Gasteiger partial charge in [-0.3, -0.25) is 4.98 Å². The van der Waals surface area contributed by atoms with Crippen molar-refractivity contribution in [3.05, 3.63) is 47.7 Å². The lowest BCUT2D eigenvalue weighted by atomic mass is 9.99. The molecule has 1 saturated heterocycles. The van der Waals surface area contributed by atoms with Crippen LogP contribution in [0.2, 0.25) is 0 Å². The van der Waals surface area contributed by atoms with Gasteiger partial charge in [0.2, 0.25) is 0 Å². The van der Waals surface area contributed by atoms with E-state index in [4.69, 9.17) is 4.98 Å². The lowest BCUT2D eigenvalue weighted by Crippen LogP contribution is -2.30. The van der Waals surface area contributed by atoms with E-state index in [1.807, 2.05) is 38.2 Å². The molecule has 0 radical (unpaired) electrons. The third kappa shape index (κ3) is 3.04. The van der Waals surface area contributed by atoms with Crippen molar-refractivity contribution in [3.63, 3.8) is 0 Å². The third-order valence-electron chi connectivity index (χ3n) is 5.03. The van der Waals surface area contributed by atoms with Crippen LogP contribution in [0.5, 0.6) is 5.75 Å². The number of phenolic OH excluding ortho intramolecular Hbond substituents is 1. The molecule has 0 saturated carbocycles. The van der Waals surface area contributed by atoms with Gasteiger partial charge in [0.25, 0.3) is 0 Å². The predicted molar refractivity (Wildman–Crippen MR) is 102 cm³/mol. The largest absolute Gasteiger partial charge is 0.507 e. The van der Waals surface area contributed by atoms with E-state index >= 15 is 0 Å². The predicted octanol–water partition coefficient (Wildman–Crippen LogP) is 4.61. The molecule has 128 valence electrons. The summed E-state index contributed by atoms with van der Waals surface area (Å²) in [5.41, 5.74) is 5.82. The summed E-state index contributed by atoms with van der Waals surface area (Å²) < 4.78 is 0. The first-order valence-electron chi connectivity index (χ1n) is 8.94. The van der Waals surface area contributed by atoms with Crippen molar-refractivity contribution in [1.82, 2.24) is 9.97 Å². The first-order valence-corrected chi connectivity index (χ1v) is 8.94. The van der Waals surface area contributed by atoms with Crippen molar-refractivity contribution < 1.29 is 5.11 Å². The lowest BCUT2D eigenvalue weighted by Gasteiger charge is -2.27. The first-order chi connectivity index (χ1) is 12.1. The molecule has 1 aliphatic rings. The highest BCUT2D eigenvalue weighted by Crippen LogP contribution is 2.30. The van der Waals surface area contributed by atoms with Crippen LogP contribution in [-0.4, -0.2) is 28.2 Å². The summed E-state index contributed by atoms with van der Waals surface area (Å²) in [6.45, 7) is 5.99. The number of benzene rings is 2. The molecule has 2 aromatic carbocycles. The summed E-state index contributed by atoms with van der Waals surface area (Å²) in [5, 5.41) is 10.0. The van der Waals surface area contributed by atoms with Crippen LogP contribution in [-0.2, 0) is 0 Å². The van der Waals surface area contributed by atoms with Gasteiger partial charge in [-0.2, -0.15) is 0 Å². The van der Waals surface area contributed by atoms with Crippen LogP contribution >= 0.6 is 0 Å². The summed E-state index contributed by atoms with van der Waals surface area (Å²) in [5.74, 6) is 1.35. The molecule has 2 heterocycles. The quantitative estimate of drug-likeness (QED) is 0.744. The average molecular weight is 333 g/mol. The summed E-state index contributed by atoms with van der Waals surface area (Å²) in [6, 6.07) is 10.2. The van der Waals surface area contributed by atoms with E-state index in [0.29, 0.717) is 5.75 Å². The van der Waals surface area contributed by atoms with E-state index in [9.17, 15) is 5.11 Å². The van der Waals surface area contributed by atoms with Crippen LogP contribution < -0.4 is 4.90 Å². The molecule has 0 bridgehead atoms. The molecule has 4 rings (SSSR count). The highest BCUT2D eigenvalue weighted by atomic mass is 16.3. The Morgan fingerprint density at radius 1 is 0.880 bits per heavy atom. The van der Waals surface area contributed by atoms with E-state index in [-0.39, 0.29) is 0 Å². The minimum absolute atomic E-state index is 0.372. The van der Waals surface area contributed by atoms with Gasteiger partial charge in [0.05, 0.1) is 17.2 Å². The molecular weight excluding hydrogens is 310 g/mol. The van der Waals surface area contributed by atoms with Crippen molar-refractivity contribution in [2.24, 2.45) is 0 Å². The maximum absolute atomic E-state index is 10.0. The van der Waals surface area contributed by atoms with Crippen LogP contribution in [0.3, 0.4) is 0 Å². The zero-order valence-electron chi connectivity index (χ0n) is 14.8. The molecular formula is C21H23N3O. The topological polar surface area (TPSA) is 49.2 Å². The average Bonchev–Trinajstić information content (AvgIpc) is 2.65. The minimum atomic E-state index is 0.372. The zero-order chi connectivity index (χ0) is 17.4. The second-order valence-electron chi connectivity index (χ2n) is 6.94. The number of piperidine rings is 1. The number of anilines is 1. The normalized spacial score (nSPS) is 14.9. The summed E-state index contributed by atoms with van der Waals surface area (Å²) >= 11 is 0. The molecule has 4 nitrogen and oxygen atoms in total. The van der Waals surface area contributed by atoms with E-state index in [1.54, 1.807) is 0 Å². The van der Waals surface area contributed by atoms with Crippen molar-refractivity contribution in [3.8, 4) is 16.9 Å². The van der Waals surface area contributed by atoms with Crippen LogP contribution in [0.15, 0.2) is 36.5 Å². The molecule has 1 N–H and O–H groups in total. The fourth-order valence-corrected chi connectivity index (χ4v) is 3.58.